The fraction of sp³-hybridized carbons (Fsp3) is 0.125. The van der Waals surface area contributed by atoms with Gasteiger partial charge in [0.25, 0.3) is 0 Å². The molecule has 0 bridgehead atoms. The zero-order valence-electron chi connectivity index (χ0n) is 12.2. The Morgan fingerprint density at radius 2 is 1.92 bits per heavy atom. The van der Waals surface area contributed by atoms with Gasteiger partial charge in [-0.25, -0.2) is 9.78 Å². The normalized spacial score (nSPS) is 15.2. The van der Waals surface area contributed by atoms with Crippen LogP contribution in [0.1, 0.15) is 26.4 Å². The van der Waals surface area contributed by atoms with Crippen molar-refractivity contribution in [1.29, 1.82) is 0 Å². The molecule has 0 aliphatic heterocycles. The van der Waals surface area contributed by atoms with Crippen LogP contribution in [0, 0.1) is 0 Å². The third-order valence-corrected chi connectivity index (χ3v) is 4.02. The highest BCUT2D eigenvalue weighted by atomic mass is 35.5. The summed E-state index contributed by atoms with van der Waals surface area (Å²) in [6.45, 7) is 0. The Labute approximate surface area is 141 Å². The molecule has 1 aromatic carbocycles. The smallest absolute Gasteiger partial charge is 0.326 e. The lowest BCUT2D eigenvalue weighted by atomic mass is 9.92. The highest BCUT2D eigenvalue weighted by molar-refractivity contribution is 6.49. The summed E-state index contributed by atoms with van der Waals surface area (Å²) in [5.74, 6) is -2.20. The minimum atomic E-state index is -1.18. The fourth-order valence-corrected chi connectivity index (χ4v) is 2.71. The van der Waals surface area contributed by atoms with Gasteiger partial charge in [0.15, 0.2) is 0 Å². The van der Waals surface area contributed by atoms with Crippen LogP contribution in [0.25, 0.3) is 0 Å². The quantitative estimate of drug-likeness (QED) is 0.757. The maximum absolute atomic E-state index is 12.6. The first-order valence-electron chi connectivity index (χ1n) is 7.04. The number of aromatic nitrogens is 2. The molecule has 1 heterocycles. The zero-order valence-corrected chi connectivity index (χ0v) is 13.0. The Hall–Kier alpha value is -2.93. The maximum Gasteiger partial charge on any atom is 0.326 e. The number of imidazole rings is 1. The predicted octanol–water partition coefficient (Wildman–Crippen LogP) is 1.52. The van der Waals surface area contributed by atoms with Gasteiger partial charge < -0.3 is 15.4 Å². The number of carboxylic acid groups (broad SMARTS) is 1. The Bertz CT molecular complexity index is 858. The molecule has 8 heteroatoms. The number of rotatable bonds is 5. The van der Waals surface area contributed by atoms with Gasteiger partial charge in [-0.2, -0.15) is 0 Å². The first kappa shape index (κ1) is 15.9. The molecule has 0 radical (unpaired) electrons. The number of carboxylic acids is 1. The van der Waals surface area contributed by atoms with E-state index in [2.05, 4.69) is 15.3 Å². The van der Waals surface area contributed by atoms with E-state index in [9.17, 15) is 19.5 Å². The van der Waals surface area contributed by atoms with Crippen LogP contribution in [0.2, 0.25) is 0 Å². The van der Waals surface area contributed by atoms with Crippen molar-refractivity contribution in [3.63, 3.8) is 0 Å². The van der Waals surface area contributed by atoms with Gasteiger partial charge in [0.05, 0.1) is 6.33 Å². The number of allylic oxidation sites excluding steroid dienone is 2. The van der Waals surface area contributed by atoms with Gasteiger partial charge >= 0.3 is 5.97 Å². The van der Waals surface area contributed by atoms with Gasteiger partial charge in [0, 0.05) is 29.4 Å². The van der Waals surface area contributed by atoms with Crippen LogP contribution in [0.15, 0.2) is 47.5 Å². The van der Waals surface area contributed by atoms with Gasteiger partial charge in [0.1, 0.15) is 16.8 Å². The Balaban J connectivity index is 1.92. The van der Waals surface area contributed by atoms with Crippen LogP contribution < -0.4 is 5.32 Å². The SMILES string of the molecule is O=C1C(Cl)=C(N[C@H](Cc2cnc[nH]2)C(=O)O)C(=O)c2ccccc21. The van der Waals surface area contributed by atoms with Crippen LogP contribution >= 0.6 is 11.6 Å². The molecular formula is C16H12ClN3O4. The first-order chi connectivity index (χ1) is 11.5. The lowest BCUT2D eigenvalue weighted by molar-refractivity contribution is -0.139. The highest BCUT2D eigenvalue weighted by Crippen LogP contribution is 2.27. The molecule has 0 saturated carbocycles. The molecule has 3 N–H and O–H groups in total. The van der Waals surface area contributed by atoms with E-state index in [0.29, 0.717) is 5.69 Å². The summed E-state index contributed by atoms with van der Waals surface area (Å²) in [5.41, 5.74) is 0.771. The molecule has 2 aromatic rings. The summed E-state index contributed by atoms with van der Waals surface area (Å²) in [7, 11) is 0. The number of Topliss-reactive ketones (excluding diaryl/α,β-unsaturated/α-hetero) is 2. The van der Waals surface area contributed by atoms with E-state index in [1.165, 1.54) is 24.7 Å². The fourth-order valence-electron chi connectivity index (χ4n) is 2.46. The molecule has 0 spiro atoms. The molecule has 122 valence electrons. The maximum atomic E-state index is 12.6. The summed E-state index contributed by atoms with van der Waals surface area (Å²) < 4.78 is 0. The van der Waals surface area contributed by atoms with Crippen molar-refractivity contribution in [3.05, 3.63) is 64.3 Å². The van der Waals surface area contributed by atoms with Crippen molar-refractivity contribution in [1.82, 2.24) is 15.3 Å². The highest BCUT2D eigenvalue weighted by Gasteiger charge is 2.33. The van der Waals surface area contributed by atoms with Crippen molar-refractivity contribution >= 4 is 29.1 Å². The number of carbonyl (C=O) groups is 3. The lowest BCUT2D eigenvalue weighted by Crippen LogP contribution is -2.42. The number of nitrogens with zero attached hydrogens (tertiary/aromatic N) is 1. The van der Waals surface area contributed by atoms with E-state index in [1.807, 2.05) is 0 Å². The standard InChI is InChI=1S/C16H12ClN3O4/c17-12-13(15(22)10-4-2-1-3-9(10)14(12)21)20-11(16(23)24)5-8-6-18-7-19-8/h1-4,6-7,11,20H,5H2,(H,18,19)(H,23,24)/t11-/m1/s1. The van der Waals surface area contributed by atoms with Gasteiger partial charge in [-0.3, -0.25) is 9.59 Å². The van der Waals surface area contributed by atoms with Crippen molar-refractivity contribution in [2.75, 3.05) is 0 Å². The Morgan fingerprint density at radius 1 is 1.25 bits per heavy atom. The van der Waals surface area contributed by atoms with E-state index < -0.39 is 23.6 Å². The molecule has 7 nitrogen and oxygen atoms in total. The van der Waals surface area contributed by atoms with Gasteiger partial charge in [-0.05, 0) is 0 Å². The monoisotopic (exact) mass is 345 g/mol. The largest absolute Gasteiger partial charge is 0.480 e. The number of fused-ring (bicyclic) bond motifs is 1. The van der Waals surface area contributed by atoms with Gasteiger partial charge in [-0.15, -0.1) is 0 Å². The minimum Gasteiger partial charge on any atom is -0.480 e. The average Bonchev–Trinajstić information content (AvgIpc) is 3.08. The molecule has 0 saturated heterocycles. The number of aliphatic carboxylic acids is 1. The molecule has 24 heavy (non-hydrogen) atoms. The molecule has 0 amide bonds. The van der Waals surface area contributed by atoms with E-state index in [1.54, 1.807) is 12.1 Å². The minimum absolute atomic E-state index is 0.0477. The van der Waals surface area contributed by atoms with E-state index in [-0.39, 0.29) is 28.3 Å². The summed E-state index contributed by atoms with van der Waals surface area (Å²) >= 11 is 6.02. The average molecular weight is 346 g/mol. The summed E-state index contributed by atoms with van der Waals surface area (Å²) in [4.78, 5) is 42.9. The Morgan fingerprint density at radius 3 is 2.50 bits per heavy atom. The van der Waals surface area contributed by atoms with Gasteiger partial charge in [0.2, 0.25) is 11.6 Å². The van der Waals surface area contributed by atoms with Crippen LogP contribution in [-0.2, 0) is 11.2 Å². The molecule has 0 unspecified atom stereocenters. The number of ketones is 2. The molecular weight excluding hydrogens is 334 g/mol. The van der Waals surface area contributed by atoms with Crippen LogP contribution in [-0.4, -0.2) is 38.7 Å². The number of aromatic amines is 1. The molecule has 1 aliphatic rings. The Kier molecular flexibility index (Phi) is 4.18. The second-order valence-corrected chi connectivity index (χ2v) is 5.59. The van der Waals surface area contributed by atoms with Crippen molar-refractivity contribution < 1.29 is 19.5 Å². The second-order valence-electron chi connectivity index (χ2n) is 5.21. The van der Waals surface area contributed by atoms with E-state index >= 15 is 0 Å². The number of H-pyrrole nitrogens is 1. The van der Waals surface area contributed by atoms with Crippen LogP contribution in [0.5, 0.6) is 0 Å². The van der Waals surface area contributed by atoms with Crippen LogP contribution in [0.4, 0.5) is 0 Å². The number of nitrogens with one attached hydrogen (secondary N) is 2. The molecule has 1 aliphatic carbocycles. The summed E-state index contributed by atoms with van der Waals surface area (Å²) in [6.07, 6.45) is 2.95. The number of hydrogen-bond donors (Lipinski definition) is 3. The predicted molar refractivity (Wildman–Crippen MR) is 84.8 cm³/mol. The van der Waals surface area contributed by atoms with Crippen molar-refractivity contribution in [3.8, 4) is 0 Å². The molecule has 3 rings (SSSR count). The number of benzene rings is 1. The second kappa shape index (κ2) is 6.29. The third kappa shape index (κ3) is 2.81. The number of halogens is 1. The number of carbonyl (C=O) groups excluding carboxylic acids is 2. The topological polar surface area (TPSA) is 112 Å². The lowest BCUT2D eigenvalue weighted by Gasteiger charge is -2.22. The summed E-state index contributed by atoms with van der Waals surface area (Å²) in [5, 5.41) is 11.7. The van der Waals surface area contributed by atoms with Crippen molar-refractivity contribution in [2.45, 2.75) is 12.5 Å². The molecule has 1 aromatic heterocycles. The van der Waals surface area contributed by atoms with Gasteiger partial charge in [-0.1, -0.05) is 35.9 Å². The zero-order chi connectivity index (χ0) is 17.3. The van der Waals surface area contributed by atoms with E-state index in [4.69, 9.17) is 11.6 Å². The number of hydrogen-bond acceptors (Lipinski definition) is 5. The third-order valence-electron chi connectivity index (χ3n) is 3.66. The molecule has 0 fully saturated rings. The first-order valence-corrected chi connectivity index (χ1v) is 7.41. The summed E-state index contributed by atoms with van der Waals surface area (Å²) in [6, 6.07) is 5.13. The molecule has 1 atom stereocenters. The van der Waals surface area contributed by atoms with Crippen molar-refractivity contribution in [2.24, 2.45) is 0 Å². The van der Waals surface area contributed by atoms with Crippen LogP contribution in [0.3, 0.4) is 0 Å². The van der Waals surface area contributed by atoms with E-state index in [0.717, 1.165) is 0 Å².